The Kier molecular flexibility index (Phi) is 5.34. The van der Waals surface area contributed by atoms with E-state index in [0.717, 1.165) is 25.9 Å². The monoisotopic (exact) mass is 336 g/mol. The first-order valence-corrected chi connectivity index (χ1v) is 8.47. The molecular formula is C16H24N4O4. The molecule has 0 aromatic carbocycles. The standard InChI is InChI=1S/C16H24N4O4/c1-18-15(24-12-14(21)19-5-3-2-4-6-19)11-13(17-18)16(22)20-7-9-23-10-8-20/h11H,2-10,12H2,1H3. The zero-order valence-corrected chi connectivity index (χ0v) is 14.1. The van der Waals surface area contributed by atoms with Crippen molar-refractivity contribution in [2.75, 3.05) is 46.0 Å². The van der Waals surface area contributed by atoms with Crippen molar-refractivity contribution in [2.24, 2.45) is 7.05 Å². The molecule has 0 atom stereocenters. The van der Waals surface area contributed by atoms with Crippen LogP contribution < -0.4 is 4.74 Å². The van der Waals surface area contributed by atoms with E-state index in [9.17, 15) is 9.59 Å². The number of hydrogen-bond acceptors (Lipinski definition) is 5. The van der Waals surface area contributed by atoms with E-state index in [4.69, 9.17) is 9.47 Å². The first-order valence-electron chi connectivity index (χ1n) is 8.47. The molecule has 132 valence electrons. The average molecular weight is 336 g/mol. The molecule has 3 heterocycles. The summed E-state index contributed by atoms with van der Waals surface area (Å²) in [6.45, 7) is 3.81. The van der Waals surface area contributed by atoms with E-state index in [1.165, 1.54) is 11.1 Å². The minimum atomic E-state index is -0.133. The summed E-state index contributed by atoms with van der Waals surface area (Å²) >= 11 is 0. The summed E-state index contributed by atoms with van der Waals surface area (Å²) in [4.78, 5) is 28.1. The van der Waals surface area contributed by atoms with Crippen LogP contribution in [-0.4, -0.2) is 77.4 Å². The Morgan fingerprint density at radius 3 is 2.54 bits per heavy atom. The number of likely N-dealkylation sites (tertiary alicyclic amines) is 1. The predicted molar refractivity (Wildman–Crippen MR) is 85.9 cm³/mol. The summed E-state index contributed by atoms with van der Waals surface area (Å²) in [6, 6.07) is 1.60. The third kappa shape index (κ3) is 3.87. The van der Waals surface area contributed by atoms with E-state index < -0.39 is 0 Å². The molecule has 2 aliphatic heterocycles. The highest BCUT2D eigenvalue weighted by Gasteiger charge is 2.23. The molecule has 2 fully saturated rings. The number of aryl methyl sites for hydroxylation is 1. The van der Waals surface area contributed by atoms with Crippen LogP contribution in [0.15, 0.2) is 6.07 Å². The molecule has 2 saturated heterocycles. The lowest BCUT2D eigenvalue weighted by atomic mass is 10.1. The number of ether oxygens (including phenoxy) is 2. The molecule has 0 saturated carbocycles. The molecule has 1 aromatic heterocycles. The summed E-state index contributed by atoms with van der Waals surface area (Å²) < 4.78 is 12.3. The van der Waals surface area contributed by atoms with Crippen molar-refractivity contribution in [2.45, 2.75) is 19.3 Å². The van der Waals surface area contributed by atoms with Crippen molar-refractivity contribution in [3.05, 3.63) is 11.8 Å². The molecule has 0 spiro atoms. The van der Waals surface area contributed by atoms with Crippen LogP contribution in [0.4, 0.5) is 0 Å². The van der Waals surface area contributed by atoms with E-state index in [1.807, 2.05) is 4.90 Å². The summed E-state index contributed by atoms with van der Waals surface area (Å²) in [5, 5.41) is 4.21. The van der Waals surface area contributed by atoms with Gasteiger partial charge in [0.05, 0.1) is 13.2 Å². The lowest BCUT2D eigenvalue weighted by Crippen LogP contribution is -2.40. The third-order valence-corrected chi connectivity index (χ3v) is 4.41. The van der Waals surface area contributed by atoms with Gasteiger partial charge >= 0.3 is 0 Å². The lowest BCUT2D eigenvalue weighted by molar-refractivity contribution is -0.134. The van der Waals surface area contributed by atoms with Crippen LogP contribution in [0.25, 0.3) is 0 Å². The molecule has 0 aliphatic carbocycles. The van der Waals surface area contributed by atoms with Crippen LogP contribution in [0.2, 0.25) is 0 Å². The molecular weight excluding hydrogens is 312 g/mol. The predicted octanol–water partition coefficient (Wildman–Crippen LogP) is 0.284. The lowest BCUT2D eigenvalue weighted by Gasteiger charge is -2.26. The Balaban J connectivity index is 1.57. The fourth-order valence-electron chi connectivity index (χ4n) is 2.99. The first-order chi connectivity index (χ1) is 11.6. The number of carbonyl (C=O) groups excluding carboxylic acids is 2. The van der Waals surface area contributed by atoms with E-state index in [-0.39, 0.29) is 18.4 Å². The Labute approximate surface area is 141 Å². The van der Waals surface area contributed by atoms with Gasteiger partial charge in [0.2, 0.25) is 5.88 Å². The highest BCUT2D eigenvalue weighted by Crippen LogP contribution is 2.15. The van der Waals surface area contributed by atoms with Gasteiger partial charge in [0.25, 0.3) is 11.8 Å². The molecule has 0 bridgehead atoms. The van der Waals surface area contributed by atoms with Crippen LogP contribution in [0.3, 0.4) is 0 Å². The van der Waals surface area contributed by atoms with E-state index in [1.54, 1.807) is 18.0 Å². The minimum Gasteiger partial charge on any atom is -0.468 e. The van der Waals surface area contributed by atoms with Gasteiger partial charge in [-0.25, -0.2) is 4.68 Å². The zero-order chi connectivity index (χ0) is 16.9. The molecule has 0 unspecified atom stereocenters. The Hall–Kier alpha value is -2.09. The van der Waals surface area contributed by atoms with E-state index in [0.29, 0.717) is 37.9 Å². The van der Waals surface area contributed by atoms with Gasteiger partial charge in [0.1, 0.15) is 0 Å². The second-order valence-corrected chi connectivity index (χ2v) is 6.13. The molecule has 0 N–H and O–H groups in total. The number of aromatic nitrogens is 2. The Bertz CT molecular complexity index is 589. The third-order valence-electron chi connectivity index (χ3n) is 4.41. The average Bonchev–Trinajstić information content (AvgIpc) is 3.01. The van der Waals surface area contributed by atoms with Crippen LogP contribution >= 0.6 is 0 Å². The van der Waals surface area contributed by atoms with Crippen molar-refractivity contribution < 1.29 is 19.1 Å². The minimum absolute atomic E-state index is 0.0167. The van der Waals surface area contributed by atoms with E-state index >= 15 is 0 Å². The maximum Gasteiger partial charge on any atom is 0.274 e. The molecule has 1 aromatic rings. The first kappa shape index (κ1) is 16.8. The SMILES string of the molecule is Cn1nc(C(=O)N2CCOCC2)cc1OCC(=O)N1CCCCC1. The van der Waals surface area contributed by atoms with Crippen molar-refractivity contribution in [1.82, 2.24) is 19.6 Å². The molecule has 3 rings (SSSR count). The summed E-state index contributed by atoms with van der Waals surface area (Å²) in [5.41, 5.74) is 0.333. The fraction of sp³-hybridized carbons (Fsp3) is 0.688. The van der Waals surface area contributed by atoms with Gasteiger partial charge < -0.3 is 19.3 Å². The maximum atomic E-state index is 12.4. The van der Waals surface area contributed by atoms with Gasteiger partial charge in [-0.3, -0.25) is 9.59 Å². The highest BCUT2D eigenvalue weighted by atomic mass is 16.5. The number of amides is 2. The molecule has 2 amide bonds. The smallest absolute Gasteiger partial charge is 0.274 e. The van der Waals surface area contributed by atoms with Crippen LogP contribution in [-0.2, 0) is 16.6 Å². The number of morpholine rings is 1. The molecule has 24 heavy (non-hydrogen) atoms. The second kappa shape index (κ2) is 7.65. The van der Waals surface area contributed by atoms with Crippen molar-refractivity contribution in [1.29, 1.82) is 0 Å². The van der Waals surface area contributed by atoms with Crippen LogP contribution in [0.1, 0.15) is 29.8 Å². The van der Waals surface area contributed by atoms with Crippen molar-refractivity contribution >= 4 is 11.8 Å². The molecule has 8 nitrogen and oxygen atoms in total. The zero-order valence-electron chi connectivity index (χ0n) is 14.1. The maximum absolute atomic E-state index is 12.4. The van der Waals surface area contributed by atoms with Crippen molar-refractivity contribution in [3.8, 4) is 5.88 Å². The molecule has 0 radical (unpaired) electrons. The van der Waals surface area contributed by atoms with Gasteiger partial charge in [-0.15, -0.1) is 0 Å². The molecule has 2 aliphatic rings. The summed E-state index contributed by atoms with van der Waals surface area (Å²) in [7, 11) is 1.71. The quantitative estimate of drug-likeness (QED) is 0.789. The number of carbonyl (C=O) groups is 2. The van der Waals surface area contributed by atoms with Gasteiger partial charge in [0, 0.05) is 39.3 Å². The van der Waals surface area contributed by atoms with Crippen molar-refractivity contribution in [3.63, 3.8) is 0 Å². The normalized spacial score (nSPS) is 18.5. The fourth-order valence-corrected chi connectivity index (χ4v) is 2.99. The van der Waals surface area contributed by atoms with Gasteiger partial charge in [-0.2, -0.15) is 5.10 Å². The summed E-state index contributed by atoms with van der Waals surface area (Å²) in [5.74, 6) is 0.278. The topological polar surface area (TPSA) is 76.9 Å². The number of nitrogens with zero attached hydrogens (tertiary/aromatic N) is 4. The number of piperidine rings is 1. The summed E-state index contributed by atoms with van der Waals surface area (Å²) in [6.07, 6.45) is 3.28. The van der Waals surface area contributed by atoms with Crippen LogP contribution in [0, 0.1) is 0 Å². The highest BCUT2D eigenvalue weighted by molar-refractivity contribution is 5.92. The van der Waals surface area contributed by atoms with Gasteiger partial charge in [-0.1, -0.05) is 0 Å². The number of hydrogen-bond donors (Lipinski definition) is 0. The molecule has 8 heteroatoms. The van der Waals surface area contributed by atoms with Gasteiger partial charge in [-0.05, 0) is 19.3 Å². The van der Waals surface area contributed by atoms with Gasteiger partial charge in [0.15, 0.2) is 12.3 Å². The second-order valence-electron chi connectivity index (χ2n) is 6.13. The Morgan fingerprint density at radius 2 is 1.83 bits per heavy atom. The van der Waals surface area contributed by atoms with E-state index in [2.05, 4.69) is 5.10 Å². The largest absolute Gasteiger partial charge is 0.468 e. The number of rotatable bonds is 4. The Morgan fingerprint density at radius 1 is 1.12 bits per heavy atom. The van der Waals surface area contributed by atoms with Crippen LogP contribution in [0.5, 0.6) is 5.88 Å².